The molecule has 2 rings (SSSR count). The highest BCUT2D eigenvalue weighted by molar-refractivity contribution is 5.91. The molecule has 0 heterocycles. The first kappa shape index (κ1) is 13.8. The zero-order valence-corrected chi connectivity index (χ0v) is 10.4. The van der Waals surface area contributed by atoms with Gasteiger partial charge in [0.05, 0.1) is 0 Å². The second-order valence-electron chi connectivity index (χ2n) is 4.38. The van der Waals surface area contributed by atoms with E-state index in [9.17, 15) is 9.90 Å². The van der Waals surface area contributed by atoms with E-state index in [1.807, 2.05) is 6.07 Å². The second-order valence-corrected chi connectivity index (χ2v) is 4.38. The van der Waals surface area contributed by atoms with Gasteiger partial charge >= 0.3 is 5.97 Å². The predicted octanol–water partition coefficient (Wildman–Crippen LogP) is 3.56. The topological polar surface area (TPSA) is 57.5 Å². The van der Waals surface area contributed by atoms with Crippen LogP contribution in [0.15, 0.2) is 18.2 Å². The summed E-state index contributed by atoms with van der Waals surface area (Å²) >= 11 is 0. The SMILES string of the molecule is Cl.O=C(O)c1cccc(C2CCCCC2)c1O. The van der Waals surface area contributed by atoms with Crippen molar-refractivity contribution >= 4 is 18.4 Å². The van der Waals surface area contributed by atoms with Crippen molar-refractivity contribution in [3.05, 3.63) is 29.3 Å². The molecule has 0 saturated heterocycles. The molecule has 17 heavy (non-hydrogen) atoms. The van der Waals surface area contributed by atoms with E-state index in [0.29, 0.717) is 5.92 Å². The lowest BCUT2D eigenvalue weighted by Gasteiger charge is -2.23. The Morgan fingerprint density at radius 2 is 1.82 bits per heavy atom. The van der Waals surface area contributed by atoms with Crippen LogP contribution in [-0.2, 0) is 0 Å². The van der Waals surface area contributed by atoms with Crippen molar-refractivity contribution in [2.45, 2.75) is 38.0 Å². The number of carboxylic acid groups (broad SMARTS) is 1. The molecule has 3 nitrogen and oxygen atoms in total. The Morgan fingerprint density at radius 1 is 1.18 bits per heavy atom. The molecule has 1 fully saturated rings. The van der Waals surface area contributed by atoms with E-state index >= 15 is 0 Å². The number of benzene rings is 1. The van der Waals surface area contributed by atoms with Crippen LogP contribution in [0.4, 0.5) is 0 Å². The zero-order valence-electron chi connectivity index (χ0n) is 9.56. The number of halogens is 1. The number of carbonyl (C=O) groups is 1. The Kier molecular flexibility index (Phi) is 4.82. The molecule has 0 atom stereocenters. The van der Waals surface area contributed by atoms with Gasteiger partial charge < -0.3 is 10.2 Å². The van der Waals surface area contributed by atoms with Crippen LogP contribution >= 0.6 is 12.4 Å². The first-order valence-corrected chi connectivity index (χ1v) is 5.75. The summed E-state index contributed by atoms with van der Waals surface area (Å²) in [4.78, 5) is 10.9. The fourth-order valence-corrected chi connectivity index (χ4v) is 2.48. The van der Waals surface area contributed by atoms with E-state index in [1.165, 1.54) is 25.3 Å². The number of phenols is 1. The number of hydrogen-bond acceptors (Lipinski definition) is 2. The fraction of sp³-hybridized carbons (Fsp3) is 0.462. The van der Waals surface area contributed by atoms with Crippen molar-refractivity contribution in [3.8, 4) is 5.75 Å². The first-order valence-electron chi connectivity index (χ1n) is 5.75. The summed E-state index contributed by atoms with van der Waals surface area (Å²) in [6.07, 6.45) is 5.69. The maximum atomic E-state index is 10.9. The van der Waals surface area contributed by atoms with Crippen molar-refractivity contribution in [2.75, 3.05) is 0 Å². The number of aromatic carboxylic acids is 1. The normalized spacial score (nSPS) is 16.2. The van der Waals surface area contributed by atoms with Gasteiger partial charge in [0.2, 0.25) is 0 Å². The van der Waals surface area contributed by atoms with Crippen LogP contribution in [0.3, 0.4) is 0 Å². The smallest absolute Gasteiger partial charge is 0.339 e. The van der Waals surface area contributed by atoms with Gasteiger partial charge in [0, 0.05) is 0 Å². The predicted molar refractivity (Wildman–Crippen MR) is 68.1 cm³/mol. The van der Waals surface area contributed by atoms with Gasteiger partial charge in [-0.2, -0.15) is 0 Å². The molecule has 1 saturated carbocycles. The van der Waals surface area contributed by atoms with E-state index in [1.54, 1.807) is 6.07 Å². The summed E-state index contributed by atoms with van der Waals surface area (Å²) in [6.45, 7) is 0. The largest absolute Gasteiger partial charge is 0.507 e. The number of para-hydroxylation sites is 1. The minimum absolute atomic E-state index is 0. The van der Waals surface area contributed by atoms with Crippen molar-refractivity contribution in [1.29, 1.82) is 0 Å². The van der Waals surface area contributed by atoms with E-state index in [2.05, 4.69) is 0 Å². The Labute approximate surface area is 107 Å². The van der Waals surface area contributed by atoms with Crippen LogP contribution in [0.2, 0.25) is 0 Å². The van der Waals surface area contributed by atoms with E-state index in [0.717, 1.165) is 18.4 Å². The highest BCUT2D eigenvalue weighted by atomic mass is 35.5. The van der Waals surface area contributed by atoms with Crippen molar-refractivity contribution in [3.63, 3.8) is 0 Å². The maximum absolute atomic E-state index is 10.9. The molecule has 0 aromatic heterocycles. The number of aromatic hydroxyl groups is 1. The quantitative estimate of drug-likeness (QED) is 0.851. The van der Waals surface area contributed by atoms with Gasteiger partial charge in [-0.15, -0.1) is 12.4 Å². The van der Waals surface area contributed by atoms with Gasteiger partial charge in [-0.3, -0.25) is 0 Å². The summed E-state index contributed by atoms with van der Waals surface area (Å²) in [6, 6.07) is 5.01. The van der Waals surface area contributed by atoms with Gasteiger partial charge in [-0.05, 0) is 30.4 Å². The molecule has 0 spiro atoms. The van der Waals surface area contributed by atoms with Crippen LogP contribution in [0.25, 0.3) is 0 Å². The molecule has 1 aromatic rings. The van der Waals surface area contributed by atoms with Crippen LogP contribution in [0.5, 0.6) is 5.75 Å². The standard InChI is InChI=1S/C13H16O3.ClH/c14-12-10(9-5-2-1-3-6-9)7-4-8-11(12)13(15)16;/h4,7-9,14H,1-3,5-6H2,(H,15,16);1H. The van der Waals surface area contributed by atoms with Gasteiger partial charge in [-0.1, -0.05) is 31.4 Å². The molecule has 1 aliphatic rings. The lowest BCUT2D eigenvalue weighted by Crippen LogP contribution is -2.07. The van der Waals surface area contributed by atoms with Crippen LogP contribution < -0.4 is 0 Å². The third kappa shape index (κ3) is 2.91. The van der Waals surface area contributed by atoms with Crippen LogP contribution in [-0.4, -0.2) is 16.2 Å². The molecule has 1 aromatic carbocycles. The van der Waals surface area contributed by atoms with Gasteiger partial charge in [-0.25, -0.2) is 4.79 Å². The van der Waals surface area contributed by atoms with Crippen molar-refractivity contribution in [2.24, 2.45) is 0 Å². The Bertz CT molecular complexity index is 398. The Balaban J connectivity index is 0.00000144. The third-order valence-electron chi connectivity index (χ3n) is 3.34. The lowest BCUT2D eigenvalue weighted by molar-refractivity contribution is 0.0693. The van der Waals surface area contributed by atoms with Gasteiger partial charge in [0.15, 0.2) is 0 Å². The maximum Gasteiger partial charge on any atom is 0.339 e. The molecular formula is C13H17ClO3. The Hall–Kier alpha value is -1.22. The molecule has 0 unspecified atom stereocenters. The highest BCUT2D eigenvalue weighted by Crippen LogP contribution is 2.38. The number of rotatable bonds is 2. The van der Waals surface area contributed by atoms with Crippen LogP contribution in [0.1, 0.15) is 53.9 Å². The molecule has 0 bridgehead atoms. The molecule has 0 radical (unpaired) electrons. The average Bonchev–Trinajstić information content (AvgIpc) is 2.30. The summed E-state index contributed by atoms with van der Waals surface area (Å²) in [5.74, 6) is -0.773. The lowest BCUT2D eigenvalue weighted by atomic mass is 9.83. The molecule has 2 N–H and O–H groups in total. The number of carboxylic acids is 1. The summed E-state index contributed by atoms with van der Waals surface area (Å²) in [5, 5.41) is 18.9. The van der Waals surface area contributed by atoms with E-state index in [4.69, 9.17) is 5.11 Å². The molecule has 0 aliphatic heterocycles. The van der Waals surface area contributed by atoms with Crippen molar-refractivity contribution < 1.29 is 15.0 Å². The minimum atomic E-state index is -1.06. The summed E-state index contributed by atoms with van der Waals surface area (Å²) in [5.41, 5.74) is 0.822. The molecule has 4 heteroatoms. The number of hydrogen-bond donors (Lipinski definition) is 2. The molecule has 1 aliphatic carbocycles. The van der Waals surface area contributed by atoms with Gasteiger partial charge in [0.25, 0.3) is 0 Å². The Morgan fingerprint density at radius 3 is 2.41 bits per heavy atom. The monoisotopic (exact) mass is 256 g/mol. The molecular weight excluding hydrogens is 240 g/mol. The summed E-state index contributed by atoms with van der Waals surface area (Å²) < 4.78 is 0. The third-order valence-corrected chi connectivity index (χ3v) is 3.34. The highest BCUT2D eigenvalue weighted by Gasteiger charge is 2.21. The fourth-order valence-electron chi connectivity index (χ4n) is 2.48. The molecule has 94 valence electrons. The summed E-state index contributed by atoms with van der Waals surface area (Å²) in [7, 11) is 0. The van der Waals surface area contributed by atoms with Crippen molar-refractivity contribution in [1.82, 2.24) is 0 Å². The average molecular weight is 257 g/mol. The van der Waals surface area contributed by atoms with E-state index < -0.39 is 5.97 Å². The van der Waals surface area contributed by atoms with Crippen LogP contribution in [0, 0.1) is 0 Å². The zero-order chi connectivity index (χ0) is 11.5. The first-order chi connectivity index (χ1) is 7.70. The van der Waals surface area contributed by atoms with E-state index in [-0.39, 0.29) is 23.7 Å². The van der Waals surface area contributed by atoms with Gasteiger partial charge in [0.1, 0.15) is 11.3 Å². The minimum Gasteiger partial charge on any atom is -0.507 e. The second kappa shape index (κ2) is 5.92. The molecule has 0 amide bonds.